The van der Waals surface area contributed by atoms with Crippen LogP contribution in [0.4, 0.5) is 5.82 Å². The Kier molecular flexibility index (Phi) is 3.62. The molecule has 0 saturated heterocycles. The number of methoxy groups -OCH3 is 1. The molecular weight excluding hydrogens is 214 g/mol. The van der Waals surface area contributed by atoms with Crippen molar-refractivity contribution in [2.75, 3.05) is 12.8 Å². The lowest BCUT2D eigenvalue weighted by Crippen LogP contribution is -2.27. The number of ether oxygens (including phenoxy) is 1. The van der Waals surface area contributed by atoms with Crippen molar-refractivity contribution in [1.29, 1.82) is 0 Å². The molecule has 0 spiro atoms. The van der Waals surface area contributed by atoms with Gasteiger partial charge in [0.1, 0.15) is 10.8 Å². The van der Waals surface area contributed by atoms with Crippen molar-refractivity contribution in [1.82, 2.24) is 9.78 Å². The van der Waals surface area contributed by atoms with Crippen LogP contribution in [0.3, 0.4) is 0 Å². The summed E-state index contributed by atoms with van der Waals surface area (Å²) >= 11 is 5.84. The number of aromatic nitrogens is 2. The molecule has 2 N–H and O–H groups in total. The number of anilines is 1. The summed E-state index contributed by atoms with van der Waals surface area (Å²) in [5, 5.41) is 4.64. The van der Waals surface area contributed by atoms with E-state index in [1.165, 1.54) is 0 Å². The van der Waals surface area contributed by atoms with Crippen molar-refractivity contribution in [2.24, 2.45) is 0 Å². The number of halogens is 1. The van der Waals surface area contributed by atoms with Crippen molar-refractivity contribution < 1.29 is 4.74 Å². The second kappa shape index (κ2) is 4.41. The van der Waals surface area contributed by atoms with Crippen LogP contribution in [-0.4, -0.2) is 22.5 Å². The summed E-state index contributed by atoms with van der Waals surface area (Å²) in [6.07, 6.45) is 2.39. The third kappa shape index (κ3) is 2.86. The van der Waals surface area contributed by atoms with Gasteiger partial charge in [0.15, 0.2) is 0 Å². The molecule has 86 valence electrons. The number of nitrogens with two attached hydrogens (primary N) is 1. The van der Waals surface area contributed by atoms with Gasteiger partial charge in [0, 0.05) is 7.11 Å². The average Bonchev–Trinajstić information content (AvgIpc) is 2.47. The Morgan fingerprint density at radius 1 is 1.67 bits per heavy atom. The van der Waals surface area contributed by atoms with E-state index in [2.05, 4.69) is 5.10 Å². The molecular formula is C10H18ClN3O. The second-order valence-electron chi connectivity index (χ2n) is 4.34. The van der Waals surface area contributed by atoms with Crippen LogP contribution in [0.1, 0.15) is 33.2 Å². The zero-order valence-electron chi connectivity index (χ0n) is 9.62. The molecule has 1 atom stereocenters. The fourth-order valence-corrected chi connectivity index (χ4v) is 1.71. The van der Waals surface area contributed by atoms with Crippen molar-refractivity contribution in [2.45, 2.75) is 38.8 Å². The predicted octanol–water partition coefficient (Wildman–Crippen LogP) is 2.49. The first-order valence-electron chi connectivity index (χ1n) is 4.91. The van der Waals surface area contributed by atoms with Crippen LogP contribution in [0.15, 0.2) is 6.20 Å². The van der Waals surface area contributed by atoms with E-state index in [1.54, 1.807) is 18.0 Å². The first kappa shape index (κ1) is 12.3. The van der Waals surface area contributed by atoms with Crippen LogP contribution in [0.25, 0.3) is 0 Å². The smallest absolute Gasteiger partial charge is 0.140 e. The molecule has 0 amide bonds. The molecule has 0 aliphatic heterocycles. The summed E-state index contributed by atoms with van der Waals surface area (Å²) < 4.78 is 7.09. The maximum atomic E-state index is 5.84. The van der Waals surface area contributed by atoms with E-state index in [4.69, 9.17) is 22.1 Å². The molecule has 4 nitrogen and oxygen atoms in total. The Hall–Kier alpha value is -0.740. The molecule has 0 radical (unpaired) electrons. The zero-order chi connectivity index (χ0) is 11.6. The quantitative estimate of drug-likeness (QED) is 0.866. The van der Waals surface area contributed by atoms with Gasteiger partial charge in [-0.1, -0.05) is 11.6 Å². The third-order valence-electron chi connectivity index (χ3n) is 2.54. The molecule has 1 heterocycles. The van der Waals surface area contributed by atoms with E-state index in [0.717, 1.165) is 6.42 Å². The molecule has 1 aromatic rings. The van der Waals surface area contributed by atoms with Gasteiger partial charge in [0.25, 0.3) is 0 Å². The molecule has 0 fully saturated rings. The van der Waals surface area contributed by atoms with Crippen LogP contribution in [-0.2, 0) is 4.74 Å². The molecule has 5 heteroatoms. The second-order valence-corrected chi connectivity index (χ2v) is 4.75. The predicted molar refractivity (Wildman–Crippen MR) is 62.1 cm³/mol. The maximum absolute atomic E-state index is 5.84. The lowest BCUT2D eigenvalue weighted by atomic mass is 10.00. The largest absolute Gasteiger partial charge is 0.383 e. The Bertz CT molecular complexity index is 335. The Morgan fingerprint density at radius 3 is 2.67 bits per heavy atom. The molecule has 0 aromatic carbocycles. The first-order chi connectivity index (χ1) is 6.87. The number of rotatable bonds is 4. The topological polar surface area (TPSA) is 53.1 Å². The summed E-state index contributed by atoms with van der Waals surface area (Å²) in [7, 11) is 1.70. The highest BCUT2D eigenvalue weighted by Gasteiger charge is 2.23. The molecule has 1 rings (SSSR count). The van der Waals surface area contributed by atoms with E-state index in [9.17, 15) is 0 Å². The van der Waals surface area contributed by atoms with Crippen molar-refractivity contribution in [3.05, 3.63) is 11.2 Å². The van der Waals surface area contributed by atoms with Crippen molar-refractivity contribution >= 4 is 17.4 Å². The molecule has 0 saturated carbocycles. The highest BCUT2D eigenvalue weighted by molar-refractivity contribution is 6.32. The number of nitrogen functional groups attached to an aromatic ring is 1. The van der Waals surface area contributed by atoms with Gasteiger partial charge < -0.3 is 10.5 Å². The van der Waals surface area contributed by atoms with Gasteiger partial charge in [-0.05, 0) is 27.2 Å². The monoisotopic (exact) mass is 231 g/mol. The highest BCUT2D eigenvalue weighted by Crippen LogP contribution is 2.27. The van der Waals surface area contributed by atoms with Gasteiger partial charge >= 0.3 is 0 Å². The zero-order valence-corrected chi connectivity index (χ0v) is 10.4. The maximum Gasteiger partial charge on any atom is 0.140 e. The van der Waals surface area contributed by atoms with Crippen LogP contribution < -0.4 is 5.73 Å². The summed E-state index contributed by atoms with van der Waals surface area (Å²) in [6, 6.07) is 0.160. The lowest BCUT2D eigenvalue weighted by molar-refractivity contribution is 0.00443. The van der Waals surface area contributed by atoms with Gasteiger partial charge in [-0.2, -0.15) is 5.10 Å². The fraction of sp³-hybridized carbons (Fsp3) is 0.700. The number of hydrogen-bond donors (Lipinski definition) is 1. The standard InChI is InChI=1S/C10H18ClN3O/c1-7(5-10(2,3)15-4)14-9(12)8(11)6-13-14/h6-7H,5,12H2,1-4H3. The minimum absolute atomic E-state index is 0.160. The minimum Gasteiger partial charge on any atom is -0.383 e. The van der Waals surface area contributed by atoms with Gasteiger partial charge in [0.2, 0.25) is 0 Å². The van der Waals surface area contributed by atoms with Crippen molar-refractivity contribution in [3.8, 4) is 0 Å². The Balaban J connectivity index is 2.77. The minimum atomic E-state index is -0.190. The normalized spacial score (nSPS) is 14.2. The third-order valence-corrected chi connectivity index (χ3v) is 2.84. The van der Waals surface area contributed by atoms with Crippen LogP contribution in [0, 0.1) is 0 Å². The molecule has 0 aliphatic rings. The lowest BCUT2D eigenvalue weighted by Gasteiger charge is -2.27. The molecule has 1 unspecified atom stereocenters. The SMILES string of the molecule is COC(C)(C)CC(C)n1ncc(Cl)c1N. The van der Waals surface area contributed by atoms with Crippen LogP contribution >= 0.6 is 11.6 Å². The molecule has 15 heavy (non-hydrogen) atoms. The highest BCUT2D eigenvalue weighted by atomic mass is 35.5. The van der Waals surface area contributed by atoms with E-state index in [0.29, 0.717) is 10.8 Å². The van der Waals surface area contributed by atoms with Crippen LogP contribution in [0.2, 0.25) is 5.02 Å². The number of hydrogen-bond acceptors (Lipinski definition) is 3. The Labute approximate surface area is 95.3 Å². The summed E-state index contributed by atoms with van der Waals surface area (Å²) in [4.78, 5) is 0. The van der Waals surface area contributed by atoms with E-state index in [-0.39, 0.29) is 11.6 Å². The van der Waals surface area contributed by atoms with E-state index >= 15 is 0 Å². The molecule has 1 aromatic heterocycles. The van der Waals surface area contributed by atoms with E-state index in [1.807, 2.05) is 20.8 Å². The first-order valence-corrected chi connectivity index (χ1v) is 5.29. The fourth-order valence-electron chi connectivity index (χ4n) is 1.58. The van der Waals surface area contributed by atoms with Gasteiger partial charge in [-0.25, -0.2) is 4.68 Å². The summed E-state index contributed by atoms with van der Waals surface area (Å²) in [5.74, 6) is 0.510. The average molecular weight is 232 g/mol. The van der Waals surface area contributed by atoms with Gasteiger partial charge in [-0.3, -0.25) is 0 Å². The van der Waals surface area contributed by atoms with Gasteiger partial charge in [0.05, 0.1) is 17.8 Å². The number of nitrogens with zero attached hydrogens (tertiary/aromatic N) is 2. The molecule has 0 bridgehead atoms. The molecule has 0 aliphatic carbocycles. The summed E-state index contributed by atoms with van der Waals surface area (Å²) in [5.41, 5.74) is 5.60. The van der Waals surface area contributed by atoms with Crippen LogP contribution in [0.5, 0.6) is 0 Å². The van der Waals surface area contributed by atoms with Crippen molar-refractivity contribution in [3.63, 3.8) is 0 Å². The van der Waals surface area contributed by atoms with Gasteiger partial charge in [-0.15, -0.1) is 0 Å². The van der Waals surface area contributed by atoms with E-state index < -0.39 is 0 Å². The Morgan fingerprint density at radius 2 is 2.27 bits per heavy atom. The summed E-state index contributed by atoms with van der Waals surface area (Å²) in [6.45, 7) is 6.11.